The third-order valence-corrected chi connectivity index (χ3v) is 12.8. The molecule has 2 unspecified atom stereocenters. The Morgan fingerprint density at radius 2 is 1.81 bits per heavy atom. The average Bonchev–Trinajstić information content (AvgIpc) is 3.59. The van der Waals surface area contributed by atoms with E-state index in [1.165, 1.54) is 4.57 Å². The number of rotatable bonds is 9. The number of nitrogens with zero attached hydrogens (tertiary/aromatic N) is 1. The molecule has 1 aliphatic heterocycles. The Kier molecular flexibility index (Phi) is 8.67. The van der Waals surface area contributed by atoms with Crippen molar-refractivity contribution in [3.63, 3.8) is 0 Å². The van der Waals surface area contributed by atoms with Gasteiger partial charge in [-0.2, -0.15) is 4.39 Å². The largest absolute Gasteiger partial charge is 0.477 e. The Bertz CT molecular complexity index is 1440. The van der Waals surface area contributed by atoms with Gasteiger partial charge in [0, 0.05) is 25.4 Å². The van der Waals surface area contributed by atoms with E-state index < -0.39 is 66.4 Å². The first-order valence-corrected chi connectivity index (χ1v) is 17.3. The Hall–Kier alpha value is -2.83. The molecule has 0 bridgehead atoms. The van der Waals surface area contributed by atoms with E-state index in [2.05, 4.69) is 39.2 Å². The molecular formula is C30H42F2N2O7Si. The van der Waals surface area contributed by atoms with E-state index >= 15 is 4.39 Å². The number of fused-ring (bicyclic) bond motifs is 1. The maximum absolute atomic E-state index is 15.6. The standard InChI is InChI=1S/C30H42F2N2O7Si/c1-29(2,3)41-28(38)25(21-11-16(13-33-21)15-39-42(7,8)30(4,5)6)40-26-22(32)20(31)12-18-23(26)34(17-9-10-17)14-19(24(18)35)27(36)37/h12,14,16-17,21,25,33H,9-11,13,15H2,1-8H3,(H,36,37)/t16?,21-,25?/m0/s1. The number of hydrogen-bond donors (Lipinski definition) is 2. The molecule has 1 saturated carbocycles. The number of benzene rings is 1. The highest BCUT2D eigenvalue weighted by Crippen LogP contribution is 2.41. The topological polar surface area (TPSA) is 116 Å². The van der Waals surface area contributed by atoms with Crippen LogP contribution in [0.1, 0.15) is 77.2 Å². The summed E-state index contributed by atoms with van der Waals surface area (Å²) in [6, 6.07) is -0.153. The quantitative estimate of drug-likeness (QED) is 0.287. The Labute approximate surface area is 245 Å². The van der Waals surface area contributed by atoms with Gasteiger partial charge in [0.05, 0.1) is 16.9 Å². The van der Waals surface area contributed by atoms with Crippen molar-refractivity contribution < 1.29 is 37.4 Å². The molecule has 232 valence electrons. The van der Waals surface area contributed by atoms with E-state index in [-0.39, 0.29) is 27.9 Å². The van der Waals surface area contributed by atoms with Crippen LogP contribution in [0.2, 0.25) is 18.1 Å². The summed E-state index contributed by atoms with van der Waals surface area (Å²) in [5.41, 5.74) is -2.50. The van der Waals surface area contributed by atoms with Crippen molar-refractivity contribution in [3.05, 3.63) is 39.7 Å². The lowest BCUT2D eigenvalue weighted by Gasteiger charge is -2.37. The van der Waals surface area contributed by atoms with Crippen LogP contribution in [0, 0.1) is 17.6 Å². The molecule has 9 nitrogen and oxygen atoms in total. The second-order valence-electron chi connectivity index (χ2n) is 14.0. The summed E-state index contributed by atoms with van der Waals surface area (Å²) < 4.78 is 50.0. The molecule has 2 aromatic rings. The minimum atomic E-state index is -2.03. The third kappa shape index (κ3) is 6.70. The monoisotopic (exact) mass is 608 g/mol. The summed E-state index contributed by atoms with van der Waals surface area (Å²) in [6.45, 7) is 16.8. The fraction of sp³-hybridized carbons (Fsp3) is 0.633. The van der Waals surface area contributed by atoms with E-state index in [0.29, 0.717) is 38.5 Å². The summed E-state index contributed by atoms with van der Waals surface area (Å²) in [6.07, 6.45) is 1.52. The SMILES string of the molecule is CC(C)(C)OC(=O)C(Oc1c(F)c(F)cc2c(=O)c(C(=O)O)cn(C3CC3)c12)[C@@H]1CC(CO[Si](C)(C)C(C)(C)C)CN1. The number of carboxylic acids is 1. The molecule has 0 amide bonds. The van der Waals surface area contributed by atoms with Crippen LogP contribution in [0.25, 0.3) is 10.9 Å². The lowest BCUT2D eigenvalue weighted by atomic mass is 10.0. The Balaban J connectivity index is 1.74. The number of pyridine rings is 1. The normalized spacial score (nSPS) is 20.5. The van der Waals surface area contributed by atoms with Crippen LogP contribution >= 0.6 is 0 Å². The number of carboxylic acid groups (broad SMARTS) is 1. The molecule has 3 atom stereocenters. The fourth-order valence-electron chi connectivity index (χ4n) is 4.86. The first-order valence-electron chi connectivity index (χ1n) is 14.4. The van der Waals surface area contributed by atoms with Crippen LogP contribution in [0.15, 0.2) is 17.1 Å². The molecule has 1 aromatic carbocycles. The number of aromatic carboxylic acids is 1. The van der Waals surface area contributed by atoms with Crippen molar-refractivity contribution in [2.24, 2.45) is 5.92 Å². The van der Waals surface area contributed by atoms with Gasteiger partial charge in [0.1, 0.15) is 11.2 Å². The molecular weight excluding hydrogens is 566 g/mol. The van der Waals surface area contributed by atoms with Crippen molar-refractivity contribution in [1.82, 2.24) is 9.88 Å². The van der Waals surface area contributed by atoms with Crippen LogP contribution in [0.4, 0.5) is 8.78 Å². The van der Waals surface area contributed by atoms with E-state index in [9.17, 15) is 23.9 Å². The van der Waals surface area contributed by atoms with Crippen LogP contribution in [0.5, 0.6) is 5.75 Å². The minimum Gasteiger partial charge on any atom is -0.477 e. The molecule has 4 rings (SSSR count). The number of aromatic nitrogens is 1. The molecule has 1 saturated heterocycles. The molecule has 2 N–H and O–H groups in total. The van der Waals surface area contributed by atoms with Crippen molar-refractivity contribution in [2.45, 2.75) is 103 Å². The maximum Gasteiger partial charge on any atom is 0.349 e. The molecule has 2 heterocycles. The van der Waals surface area contributed by atoms with Crippen LogP contribution in [-0.4, -0.2) is 60.8 Å². The van der Waals surface area contributed by atoms with Gasteiger partial charge in [-0.15, -0.1) is 0 Å². The molecule has 1 aliphatic carbocycles. The number of esters is 1. The Morgan fingerprint density at radius 1 is 1.17 bits per heavy atom. The van der Waals surface area contributed by atoms with Gasteiger partial charge >= 0.3 is 11.9 Å². The predicted molar refractivity (Wildman–Crippen MR) is 157 cm³/mol. The maximum atomic E-state index is 15.6. The zero-order valence-electron chi connectivity index (χ0n) is 25.6. The van der Waals surface area contributed by atoms with Gasteiger partial charge in [0.15, 0.2) is 19.9 Å². The zero-order valence-corrected chi connectivity index (χ0v) is 26.6. The molecule has 12 heteroatoms. The summed E-state index contributed by atoms with van der Waals surface area (Å²) >= 11 is 0. The van der Waals surface area contributed by atoms with Crippen LogP contribution in [0.3, 0.4) is 0 Å². The van der Waals surface area contributed by atoms with Gasteiger partial charge in [0.2, 0.25) is 17.3 Å². The molecule has 1 aromatic heterocycles. The molecule has 0 radical (unpaired) electrons. The van der Waals surface area contributed by atoms with Crippen molar-refractivity contribution >= 4 is 31.2 Å². The number of halogens is 2. The van der Waals surface area contributed by atoms with Gasteiger partial charge in [-0.1, -0.05) is 20.8 Å². The molecule has 2 aliphatic rings. The molecule has 0 spiro atoms. The third-order valence-electron chi connectivity index (χ3n) is 8.33. The van der Waals surface area contributed by atoms with E-state index in [0.717, 1.165) is 6.20 Å². The van der Waals surface area contributed by atoms with Gasteiger partial charge in [-0.25, -0.2) is 14.0 Å². The Morgan fingerprint density at radius 3 is 2.36 bits per heavy atom. The molecule has 42 heavy (non-hydrogen) atoms. The lowest BCUT2D eigenvalue weighted by molar-refractivity contribution is -0.164. The van der Waals surface area contributed by atoms with E-state index in [4.69, 9.17) is 13.9 Å². The smallest absolute Gasteiger partial charge is 0.349 e. The highest BCUT2D eigenvalue weighted by molar-refractivity contribution is 6.74. The van der Waals surface area contributed by atoms with Crippen molar-refractivity contribution in [2.75, 3.05) is 13.2 Å². The van der Waals surface area contributed by atoms with Gasteiger partial charge in [-0.05, 0) is 70.2 Å². The van der Waals surface area contributed by atoms with Gasteiger partial charge in [0.25, 0.3) is 0 Å². The number of carbonyl (C=O) groups excluding carboxylic acids is 1. The summed E-state index contributed by atoms with van der Waals surface area (Å²) in [4.78, 5) is 38.3. The lowest BCUT2D eigenvalue weighted by Crippen LogP contribution is -2.47. The van der Waals surface area contributed by atoms with Crippen molar-refractivity contribution in [1.29, 1.82) is 0 Å². The van der Waals surface area contributed by atoms with Crippen molar-refractivity contribution in [3.8, 4) is 5.75 Å². The molecule has 2 fully saturated rings. The second kappa shape index (κ2) is 11.3. The summed E-state index contributed by atoms with van der Waals surface area (Å²) in [5, 5.41) is 12.6. The fourth-order valence-corrected chi connectivity index (χ4v) is 5.94. The zero-order chi connectivity index (χ0) is 31.4. The predicted octanol–water partition coefficient (Wildman–Crippen LogP) is 5.40. The number of hydrogen-bond acceptors (Lipinski definition) is 7. The van der Waals surface area contributed by atoms with E-state index in [1.807, 2.05) is 0 Å². The van der Waals surface area contributed by atoms with Gasteiger partial charge < -0.3 is 28.9 Å². The number of carbonyl (C=O) groups is 2. The number of ether oxygens (including phenoxy) is 2. The first kappa shape index (κ1) is 32.1. The summed E-state index contributed by atoms with van der Waals surface area (Å²) in [7, 11) is -2.03. The highest BCUT2D eigenvalue weighted by atomic mass is 28.4. The number of nitrogens with one attached hydrogen (secondary N) is 1. The van der Waals surface area contributed by atoms with Crippen LogP contribution < -0.4 is 15.5 Å². The summed E-state index contributed by atoms with van der Waals surface area (Å²) in [5.74, 6) is -5.59. The highest BCUT2D eigenvalue weighted by Gasteiger charge is 2.43. The minimum absolute atomic E-state index is 0.0222. The second-order valence-corrected chi connectivity index (χ2v) is 18.8. The van der Waals surface area contributed by atoms with Gasteiger partial charge in [-0.3, -0.25) is 4.79 Å². The first-order chi connectivity index (χ1) is 19.3. The average molecular weight is 609 g/mol. The van der Waals surface area contributed by atoms with Crippen LogP contribution in [-0.2, 0) is 14.0 Å². The van der Waals surface area contributed by atoms with E-state index in [1.54, 1.807) is 20.8 Å².